The molecule has 1 saturated carbocycles. The highest BCUT2D eigenvalue weighted by atomic mass is 16.5. The van der Waals surface area contributed by atoms with E-state index in [0.717, 1.165) is 44.1 Å². The molecular formula is C22H32N2O3. The number of carbonyl (C=O) groups is 2. The van der Waals surface area contributed by atoms with E-state index in [9.17, 15) is 9.59 Å². The second kappa shape index (κ2) is 8.87. The molecule has 1 aliphatic carbocycles. The Hall–Kier alpha value is -1.88. The lowest BCUT2D eigenvalue weighted by Gasteiger charge is -2.53. The van der Waals surface area contributed by atoms with Gasteiger partial charge in [0.15, 0.2) is 0 Å². The van der Waals surface area contributed by atoms with Crippen molar-refractivity contribution in [2.75, 3.05) is 26.8 Å². The molecule has 1 N–H and O–H groups in total. The van der Waals surface area contributed by atoms with Gasteiger partial charge in [-0.1, -0.05) is 50.8 Å². The van der Waals surface area contributed by atoms with Crippen LogP contribution in [0.5, 0.6) is 0 Å². The van der Waals surface area contributed by atoms with E-state index in [2.05, 4.69) is 12.2 Å². The third-order valence-electron chi connectivity index (χ3n) is 6.15. The monoisotopic (exact) mass is 372 g/mol. The van der Waals surface area contributed by atoms with Gasteiger partial charge in [-0.3, -0.25) is 9.59 Å². The standard InChI is InChI=1S/C22H32N2O3/c1-3-4-14-23-20(25)19-17-10-6-7-11-18(17)21(26)24(15-16-27-2)22(19)12-8-5-9-13-22/h6-7,10-11,19H,3-5,8-9,12-16H2,1-2H3,(H,23,25)/t19-/m1/s1. The molecule has 1 aromatic carbocycles. The minimum atomic E-state index is -0.432. The van der Waals surface area contributed by atoms with Crippen LogP contribution in [0.25, 0.3) is 0 Å². The summed E-state index contributed by atoms with van der Waals surface area (Å²) in [6, 6.07) is 7.66. The molecular weight excluding hydrogens is 340 g/mol. The van der Waals surface area contributed by atoms with Crippen molar-refractivity contribution in [1.29, 1.82) is 0 Å². The van der Waals surface area contributed by atoms with Crippen molar-refractivity contribution in [3.63, 3.8) is 0 Å². The molecule has 0 unspecified atom stereocenters. The van der Waals surface area contributed by atoms with Crippen LogP contribution in [0.15, 0.2) is 24.3 Å². The second-order valence-electron chi connectivity index (χ2n) is 7.78. The van der Waals surface area contributed by atoms with Gasteiger partial charge in [0.05, 0.1) is 18.1 Å². The van der Waals surface area contributed by atoms with E-state index in [-0.39, 0.29) is 17.7 Å². The van der Waals surface area contributed by atoms with Crippen LogP contribution in [0.2, 0.25) is 0 Å². The van der Waals surface area contributed by atoms with Crippen molar-refractivity contribution in [2.24, 2.45) is 0 Å². The fraction of sp³-hybridized carbons (Fsp3) is 0.636. The van der Waals surface area contributed by atoms with Gasteiger partial charge in [-0.2, -0.15) is 0 Å². The average Bonchev–Trinajstić information content (AvgIpc) is 2.69. The Morgan fingerprint density at radius 3 is 2.70 bits per heavy atom. The molecule has 148 valence electrons. The first-order valence-corrected chi connectivity index (χ1v) is 10.3. The third-order valence-corrected chi connectivity index (χ3v) is 6.15. The Labute approximate surface area is 162 Å². The van der Waals surface area contributed by atoms with Crippen molar-refractivity contribution in [2.45, 2.75) is 63.3 Å². The molecule has 1 atom stereocenters. The predicted octanol–water partition coefficient (Wildman–Crippen LogP) is 3.49. The molecule has 0 saturated heterocycles. The lowest BCUT2D eigenvalue weighted by atomic mass is 9.65. The van der Waals surface area contributed by atoms with Crippen LogP contribution < -0.4 is 5.32 Å². The maximum Gasteiger partial charge on any atom is 0.254 e. The molecule has 0 radical (unpaired) electrons. The SMILES string of the molecule is CCCCNC(=O)[C@H]1c2ccccc2C(=O)N(CCOC)C12CCCCC2. The van der Waals surface area contributed by atoms with Gasteiger partial charge in [-0.15, -0.1) is 0 Å². The van der Waals surface area contributed by atoms with Crippen LogP contribution in [0.3, 0.4) is 0 Å². The normalized spacial score (nSPS) is 21.2. The number of ether oxygens (including phenoxy) is 1. The van der Waals surface area contributed by atoms with Crippen LogP contribution in [-0.4, -0.2) is 49.1 Å². The Bertz CT molecular complexity index is 667. The van der Waals surface area contributed by atoms with Gasteiger partial charge in [0.1, 0.15) is 0 Å². The van der Waals surface area contributed by atoms with E-state index in [0.29, 0.717) is 25.3 Å². The minimum absolute atomic E-state index is 0.0437. The Balaban J connectivity index is 2.05. The predicted molar refractivity (Wildman–Crippen MR) is 106 cm³/mol. The molecule has 5 heteroatoms. The summed E-state index contributed by atoms with van der Waals surface area (Å²) in [7, 11) is 1.66. The van der Waals surface area contributed by atoms with Gasteiger partial charge in [-0.25, -0.2) is 0 Å². The van der Waals surface area contributed by atoms with Crippen LogP contribution in [0.1, 0.15) is 73.7 Å². The third kappa shape index (κ3) is 3.75. The number of benzene rings is 1. The first kappa shape index (κ1) is 19.9. The molecule has 0 aromatic heterocycles. The smallest absolute Gasteiger partial charge is 0.254 e. The molecule has 1 spiro atoms. The molecule has 2 amide bonds. The summed E-state index contributed by atoms with van der Waals surface area (Å²) >= 11 is 0. The zero-order chi connectivity index (χ0) is 19.3. The van der Waals surface area contributed by atoms with Crippen molar-refractivity contribution in [3.05, 3.63) is 35.4 Å². The number of fused-ring (bicyclic) bond motifs is 1. The number of nitrogens with zero attached hydrogens (tertiary/aromatic N) is 1. The van der Waals surface area contributed by atoms with Gasteiger partial charge in [-0.05, 0) is 30.9 Å². The van der Waals surface area contributed by atoms with Crippen molar-refractivity contribution < 1.29 is 14.3 Å². The molecule has 1 aliphatic heterocycles. The quantitative estimate of drug-likeness (QED) is 0.746. The number of amides is 2. The Kier molecular flexibility index (Phi) is 6.53. The lowest BCUT2D eigenvalue weighted by Crippen LogP contribution is -2.63. The number of hydrogen-bond acceptors (Lipinski definition) is 3. The number of methoxy groups -OCH3 is 1. The van der Waals surface area contributed by atoms with E-state index in [1.54, 1.807) is 7.11 Å². The fourth-order valence-corrected chi connectivity index (χ4v) is 4.84. The summed E-state index contributed by atoms with van der Waals surface area (Å²) < 4.78 is 5.30. The topological polar surface area (TPSA) is 58.6 Å². The number of nitrogens with one attached hydrogen (secondary N) is 1. The molecule has 1 aromatic rings. The maximum absolute atomic E-state index is 13.4. The summed E-state index contributed by atoms with van der Waals surface area (Å²) in [6.07, 6.45) is 7.05. The first-order valence-electron chi connectivity index (χ1n) is 10.3. The largest absolute Gasteiger partial charge is 0.383 e. The van der Waals surface area contributed by atoms with Crippen LogP contribution in [0.4, 0.5) is 0 Å². The van der Waals surface area contributed by atoms with Crippen molar-refractivity contribution in [3.8, 4) is 0 Å². The molecule has 0 bridgehead atoms. The summed E-state index contributed by atoms with van der Waals surface area (Å²) in [5, 5.41) is 3.15. The summed E-state index contributed by atoms with van der Waals surface area (Å²) in [5.74, 6) is -0.199. The molecule has 27 heavy (non-hydrogen) atoms. The first-order chi connectivity index (χ1) is 13.2. The van der Waals surface area contributed by atoms with E-state index < -0.39 is 5.54 Å². The number of carbonyl (C=O) groups excluding carboxylic acids is 2. The average molecular weight is 373 g/mol. The van der Waals surface area contributed by atoms with Gasteiger partial charge in [0, 0.05) is 25.8 Å². The van der Waals surface area contributed by atoms with Crippen molar-refractivity contribution in [1.82, 2.24) is 10.2 Å². The van der Waals surface area contributed by atoms with Crippen LogP contribution in [-0.2, 0) is 9.53 Å². The number of unbranched alkanes of at least 4 members (excludes halogenated alkanes) is 1. The Morgan fingerprint density at radius 1 is 1.26 bits per heavy atom. The van der Waals surface area contributed by atoms with E-state index in [1.165, 1.54) is 6.42 Å². The zero-order valence-electron chi connectivity index (χ0n) is 16.6. The highest BCUT2D eigenvalue weighted by Crippen LogP contribution is 2.49. The fourth-order valence-electron chi connectivity index (χ4n) is 4.84. The minimum Gasteiger partial charge on any atom is -0.383 e. The van der Waals surface area contributed by atoms with Gasteiger partial charge < -0.3 is 15.0 Å². The maximum atomic E-state index is 13.4. The molecule has 3 rings (SSSR count). The molecule has 1 heterocycles. The molecule has 2 aliphatic rings. The van der Waals surface area contributed by atoms with E-state index in [4.69, 9.17) is 4.74 Å². The lowest BCUT2D eigenvalue weighted by molar-refractivity contribution is -0.127. The van der Waals surface area contributed by atoms with Crippen LogP contribution >= 0.6 is 0 Å². The van der Waals surface area contributed by atoms with Crippen LogP contribution in [0, 0.1) is 0 Å². The van der Waals surface area contributed by atoms with Gasteiger partial charge in [0.25, 0.3) is 5.91 Å². The Morgan fingerprint density at radius 2 is 2.00 bits per heavy atom. The zero-order valence-corrected chi connectivity index (χ0v) is 16.6. The number of hydrogen-bond donors (Lipinski definition) is 1. The summed E-state index contributed by atoms with van der Waals surface area (Å²) in [4.78, 5) is 28.7. The van der Waals surface area contributed by atoms with Crippen molar-refractivity contribution >= 4 is 11.8 Å². The van der Waals surface area contributed by atoms with Gasteiger partial charge >= 0.3 is 0 Å². The number of rotatable bonds is 7. The summed E-state index contributed by atoms with van der Waals surface area (Å²) in [6.45, 7) is 3.83. The second-order valence-corrected chi connectivity index (χ2v) is 7.78. The molecule has 5 nitrogen and oxygen atoms in total. The summed E-state index contributed by atoms with van der Waals surface area (Å²) in [5.41, 5.74) is 1.13. The molecule has 1 fully saturated rings. The highest BCUT2D eigenvalue weighted by molar-refractivity contribution is 6.02. The highest BCUT2D eigenvalue weighted by Gasteiger charge is 2.54. The van der Waals surface area contributed by atoms with E-state index >= 15 is 0 Å². The van der Waals surface area contributed by atoms with Gasteiger partial charge in [0.2, 0.25) is 5.91 Å². The van der Waals surface area contributed by atoms with E-state index in [1.807, 2.05) is 29.2 Å².